The van der Waals surface area contributed by atoms with Gasteiger partial charge in [-0.3, -0.25) is 4.79 Å². The molecular formula is C26H26N2O2. The van der Waals surface area contributed by atoms with Crippen molar-refractivity contribution in [2.45, 2.75) is 13.0 Å². The van der Waals surface area contributed by atoms with Crippen molar-refractivity contribution in [1.29, 1.82) is 0 Å². The Hall–Kier alpha value is -3.37. The van der Waals surface area contributed by atoms with Crippen LogP contribution in [0.5, 0.6) is 5.75 Å². The third-order valence-corrected chi connectivity index (χ3v) is 5.44. The summed E-state index contributed by atoms with van der Waals surface area (Å²) in [6.45, 7) is 1.88. The van der Waals surface area contributed by atoms with Gasteiger partial charge in [-0.25, -0.2) is 0 Å². The number of amides is 1. The van der Waals surface area contributed by atoms with Gasteiger partial charge in [-0.2, -0.15) is 0 Å². The predicted molar refractivity (Wildman–Crippen MR) is 121 cm³/mol. The molecule has 4 heteroatoms. The van der Waals surface area contributed by atoms with Gasteiger partial charge in [0.1, 0.15) is 5.75 Å². The number of hydrogen-bond donors (Lipinski definition) is 2. The molecule has 0 spiro atoms. The Morgan fingerprint density at radius 3 is 2.50 bits per heavy atom. The second kappa shape index (κ2) is 9.42. The van der Waals surface area contributed by atoms with Crippen molar-refractivity contribution in [3.05, 3.63) is 95.6 Å². The van der Waals surface area contributed by atoms with Crippen molar-refractivity contribution in [3.63, 3.8) is 0 Å². The Labute approximate surface area is 177 Å². The van der Waals surface area contributed by atoms with Gasteiger partial charge in [0.15, 0.2) is 0 Å². The van der Waals surface area contributed by atoms with Crippen LogP contribution in [0, 0.1) is 0 Å². The molecule has 1 aliphatic heterocycles. The number of methoxy groups -OCH3 is 1. The van der Waals surface area contributed by atoms with Crippen LogP contribution in [0.2, 0.25) is 0 Å². The van der Waals surface area contributed by atoms with Crippen molar-refractivity contribution in [1.82, 2.24) is 10.6 Å². The van der Waals surface area contributed by atoms with E-state index in [4.69, 9.17) is 4.74 Å². The minimum atomic E-state index is -0.0341. The maximum Gasteiger partial charge on any atom is 0.249 e. The van der Waals surface area contributed by atoms with Crippen LogP contribution in [-0.2, 0) is 11.3 Å². The molecule has 0 aliphatic carbocycles. The SMILES string of the molecule is COc1ccccc1CNC(=O)C1=C(c2cccc(-c3ccccc3)c2)CCNC1. The number of ether oxygens (including phenoxy) is 1. The molecule has 0 radical (unpaired) electrons. The number of carbonyl (C=O) groups excluding carboxylic acids is 1. The van der Waals surface area contributed by atoms with Crippen molar-refractivity contribution >= 4 is 11.5 Å². The van der Waals surface area contributed by atoms with E-state index in [0.29, 0.717) is 13.1 Å². The molecule has 0 saturated carbocycles. The Bertz CT molecular complexity index is 1060. The van der Waals surface area contributed by atoms with E-state index in [1.807, 2.05) is 42.5 Å². The summed E-state index contributed by atoms with van der Waals surface area (Å²) in [5, 5.41) is 6.41. The van der Waals surface area contributed by atoms with Crippen molar-refractivity contribution in [2.75, 3.05) is 20.2 Å². The van der Waals surface area contributed by atoms with Crippen LogP contribution in [0.4, 0.5) is 0 Å². The fourth-order valence-corrected chi connectivity index (χ4v) is 3.87. The van der Waals surface area contributed by atoms with Gasteiger partial charge < -0.3 is 15.4 Å². The summed E-state index contributed by atoms with van der Waals surface area (Å²) in [5.74, 6) is 0.748. The molecule has 0 saturated heterocycles. The van der Waals surface area contributed by atoms with Gasteiger partial charge in [-0.15, -0.1) is 0 Å². The summed E-state index contributed by atoms with van der Waals surface area (Å²) in [5.41, 5.74) is 6.33. The van der Waals surface area contributed by atoms with Crippen LogP contribution < -0.4 is 15.4 Å². The quantitative estimate of drug-likeness (QED) is 0.646. The van der Waals surface area contributed by atoms with Gasteiger partial charge >= 0.3 is 0 Å². The zero-order valence-electron chi connectivity index (χ0n) is 17.2. The summed E-state index contributed by atoms with van der Waals surface area (Å²) in [6.07, 6.45) is 0.829. The maximum absolute atomic E-state index is 13.1. The largest absolute Gasteiger partial charge is 0.496 e. The third-order valence-electron chi connectivity index (χ3n) is 5.44. The van der Waals surface area contributed by atoms with E-state index < -0.39 is 0 Å². The van der Waals surface area contributed by atoms with Crippen LogP contribution in [-0.4, -0.2) is 26.1 Å². The molecule has 1 amide bonds. The average molecular weight is 399 g/mol. The lowest BCUT2D eigenvalue weighted by Gasteiger charge is -2.22. The molecular weight excluding hydrogens is 372 g/mol. The standard InChI is InChI=1S/C26H26N2O2/c1-30-25-13-6-5-10-22(25)17-28-26(29)24-18-27-15-14-23(24)21-12-7-11-20(16-21)19-8-3-2-4-9-19/h2-13,16,27H,14-15,17-18H2,1H3,(H,28,29). The Kier molecular flexibility index (Phi) is 6.26. The van der Waals surface area contributed by atoms with Gasteiger partial charge in [-0.05, 0) is 47.4 Å². The lowest BCUT2D eigenvalue weighted by Crippen LogP contribution is -2.34. The minimum absolute atomic E-state index is 0.0341. The van der Waals surface area contributed by atoms with Gasteiger partial charge in [0.25, 0.3) is 0 Å². The highest BCUT2D eigenvalue weighted by Crippen LogP contribution is 2.29. The van der Waals surface area contributed by atoms with Crippen molar-refractivity contribution in [3.8, 4) is 16.9 Å². The van der Waals surface area contributed by atoms with E-state index >= 15 is 0 Å². The zero-order valence-corrected chi connectivity index (χ0v) is 17.2. The summed E-state index contributed by atoms with van der Waals surface area (Å²) < 4.78 is 5.39. The van der Waals surface area contributed by atoms with E-state index in [1.54, 1.807) is 7.11 Å². The van der Waals surface area contributed by atoms with Gasteiger partial charge in [0.05, 0.1) is 7.11 Å². The number of nitrogens with one attached hydrogen (secondary N) is 2. The molecule has 3 aromatic carbocycles. The monoisotopic (exact) mass is 398 g/mol. The van der Waals surface area contributed by atoms with Crippen LogP contribution >= 0.6 is 0 Å². The summed E-state index contributed by atoms with van der Waals surface area (Å²) >= 11 is 0. The molecule has 4 nitrogen and oxygen atoms in total. The highest BCUT2D eigenvalue weighted by Gasteiger charge is 2.20. The third kappa shape index (κ3) is 4.44. The molecule has 152 valence electrons. The van der Waals surface area contributed by atoms with E-state index in [-0.39, 0.29) is 5.91 Å². The maximum atomic E-state index is 13.1. The normalized spacial score (nSPS) is 13.8. The molecule has 30 heavy (non-hydrogen) atoms. The van der Waals surface area contributed by atoms with Crippen LogP contribution in [0.3, 0.4) is 0 Å². The molecule has 1 aliphatic rings. The van der Waals surface area contributed by atoms with E-state index in [2.05, 4.69) is 47.0 Å². The fourth-order valence-electron chi connectivity index (χ4n) is 3.87. The van der Waals surface area contributed by atoms with Crippen molar-refractivity contribution < 1.29 is 9.53 Å². The van der Waals surface area contributed by atoms with Crippen LogP contribution in [0.15, 0.2) is 84.4 Å². The summed E-state index contributed by atoms with van der Waals surface area (Å²) in [6, 6.07) is 26.5. The molecule has 0 aromatic heterocycles. The number of para-hydroxylation sites is 1. The molecule has 3 aromatic rings. The predicted octanol–water partition coefficient (Wildman–Crippen LogP) is 4.43. The van der Waals surface area contributed by atoms with Crippen LogP contribution in [0.25, 0.3) is 16.7 Å². The van der Waals surface area contributed by atoms with E-state index in [1.165, 1.54) is 5.56 Å². The first kappa shape index (κ1) is 19.9. The lowest BCUT2D eigenvalue weighted by atomic mass is 9.91. The number of hydrogen-bond acceptors (Lipinski definition) is 3. The Morgan fingerprint density at radius 1 is 0.933 bits per heavy atom. The number of benzene rings is 3. The molecule has 4 rings (SSSR count). The lowest BCUT2D eigenvalue weighted by molar-refractivity contribution is -0.117. The second-order valence-electron chi connectivity index (χ2n) is 7.33. The molecule has 1 heterocycles. The highest BCUT2D eigenvalue weighted by molar-refractivity contribution is 6.02. The first-order valence-electron chi connectivity index (χ1n) is 10.2. The first-order chi connectivity index (χ1) is 14.8. The molecule has 2 N–H and O–H groups in total. The number of rotatable bonds is 6. The average Bonchev–Trinajstić information content (AvgIpc) is 2.83. The summed E-state index contributed by atoms with van der Waals surface area (Å²) in [4.78, 5) is 13.1. The van der Waals surface area contributed by atoms with E-state index in [0.717, 1.165) is 46.6 Å². The molecule has 0 bridgehead atoms. The van der Waals surface area contributed by atoms with Crippen LogP contribution in [0.1, 0.15) is 17.5 Å². The van der Waals surface area contributed by atoms with Gasteiger partial charge in [0, 0.05) is 24.2 Å². The zero-order chi connectivity index (χ0) is 20.8. The van der Waals surface area contributed by atoms with Crippen molar-refractivity contribution in [2.24, 2.45) is 0 Å². The Morgan fingerprint density at radius 2 is 1.67 bits per heavy atom. The Balaban J connectivity index is 1.59. The smallest absolute Gasteiger partial charge is 0.249 e. The summed E-state index contributed by atoms with van der Waals surface area (Å²) in [7, 11) is 1.64. The van der Waals surface area contributed by atoms with Gasteiger partial charge in [-0.1, -0.05) is 66.7 Å². The second-order valence-corrected chi connectivity index (χ2v) is 7.33. The van der Waals surface area contributed by atoms with E-state index in [9.17, 15) is 4.79 Å². The molecule has 0 fully saturated rings. The fraction of sp³-hybridized carbons (Fsp3) is 0.192. The van der Waals surface area contributed by atoms with Gasteiger partial charge in [0.2, 0.25) is 5.91 Å². The first-order valence-corrected chi connectivity index (χ1v) is 10.2. The highest BCUT2D eigenvalue weighted by atomic mass is 16.5. The number of carbonyl (C=O) groups is 1. The topological polar surface area (TPSA) is 50.4 Å². The molecule has 0 unspecified atom stereocenters. The minimum Gasteiger partial charge on any atom is -0.496 e. The molecule has 0 atom stereocenters.